The van der Waals surface area contributed by atoms with Gasteiger partial charge >= 0.3 is 0 Å². The maximum absolute atomic E-state index is 12.2. The molecule has 3 atom stereocenters. The van der Waals surface area contributed by atoms with Crippen molar-refractivity contribution in [1.82, 2.24) is 5.32 Å². The fourth-order valence-electron chi connectivity index (χ4n) is 2.35. The van der Waals surface area contributed by atoms with E-state index in [1.807, 2.05) is 45.0 Å². The molecule has 0 saturated carbocycles. The van der Waals surface area contributed by atoms with Gasteiger partial charge in [-0.25, -0.2) is 0 Å². The van der Waals surface area contributed by atoms with Crippen LogP contribution in [0.4, 0.5) is 0 Å². The minimum Gasteiger partial charge on any atom is -0.491 e. The second kappa shape index (κ2) is 6.91. The van der Waals surface area contributed by atoms with E-state index in [1.165, 1.54) is 0 Å². The highest BCUT2D eigenvalue weighted by molar-refractivity contribution is 5.80. The minimum atomic E-state index is -0.254. The molecule has 21 heavy (non-hydrogen) atoms. The Morgan fingerprint density at radius 2 is 1.95 bits per heavy atom. The van der Waals surface area contributed by atoms with E-state index in [4.69, 9.17) is 15.2 Å². The number of hydrogen-bond donors (Lipinski definition) is 2. The van der Waals surface area contributed by atoms with Gasteiger partial charge in [0.25, 0.3) is 0 Å². The summed E-state index contributed by atoms with van der Waals surface area (Å²) in [4.78, 5) is 12.2. The van der Waals surface area contributed by atoms with E-state index >= 15 is 0 Å². The Hall–Kier alpha value is -1.59. The quantitative estimate of drug-likeness (QED) is 0.865. The van der Waals surface area contributed by atoms with Crippen LogP contribution >= 0.6 is 0 Å². The van der Waals surface area contributed by atoms with Crippen LogP contribution in [0.3, 0.4) is 0 Å². The molecule has 0 radical (unpaired) electrons. The summed E-state index contributed by atoms with van der Waals surface area (Å²) in [6.07, 6.45) is 0.150. The van der Waals surface area contributed by atoms with Gasteiger partial charge < -0.3 is 20.5 Å². The predicted octanol–water partition coefficient (Wildman–Crippen LogP) is 1.62. The van der Waals surface area contributed by atoms with Gasteiger partial charge in [0.1, 0.15) is 5.75 Å². The fourth-order valence-corrected chi connectivity index (χ4v) is 2.35. The van der Waals surface area contributed by atoms with E-state index in [0.717, 1.165) is 11.3 Å². The van der Waals surface area contributed by atoms with Gasteiger partial charge in [0.15, 0.2) is 0 Å². The molecule has 1 saturated heterocycles. The summed E-state index contributed by atoms with van der Waals surface area (Å²) >= 11 is 0. The van der Waals surface area contributed by atoms with Crippen molar-refractivity contribution >= 4 is 5.91 Å². The first-order valence-electron chi connectivity index (χ1n) is 7.37. The standard InChI is InChI=1S/C16H24N2O3/c1-10(2)21-13-6-4-12(5-7-13)11(3)18-16(19)14-8-20-9-15(14)17/h4-7,10-11,14-15H,8-9,17H2,1-3H3,(H,18,19). The monoisotopic (exact) mass is 292 g/mol. The van der Waals surface area contributed by atoms with Crippen molar-refractivity contribution in [2.75, 3.05) is 13.2 Å². The van der Waals surface area contributed by atoms with E-state index in [9.17, 15) is 4.79 Å². The Morgan fingerprint density at radius 3 is 2.48 bits per heavy atom. The highest BCUT2D eigenvalue weighted by Crippen LogP contribution is 2.20. The summed E-state index contributed by atoms with van der Waals surface area (Å²) in [5.74, 6) is 0.532. The zero-order valence-electron chi connectivity index (χ0n) is 12.8. The van der Waals surface area contributed by atoms with Crippen molar-refractivity contribution in [3.05, 3.63) is 29.8 Å². The molecule has 0 spiro atoms. The van der Waals surface area contributed by atoms with E-state index in [-0.39, 0.29) is 30.0 Å². The molecule has 2 rings (SSSR count). The molecule has 116 valence electrons. The molecule has 1 aliphatic heterocycles. The van der Waals surface area contributed by atoms with Crippen LogP contribution in [0.1, 0.15) is 32.4 Å². The van der Waals surface area contributed by atoms with Crippen molar-refractivity contribution in [3.63, 3.8) is 0 Å². The van der Waals surface area contributed by atoms with Crippen LogP contribution in [0.5, 0.6) is 5.75 Å². The summed E-state index contributed by atoms with van der Waals surface area (Å²) in [5.41, 5.74) is 6.89. The van der Waals surface area contributed by atoms with Gasteiger partial charge in [0.2, 0.25) is 5.91 Å². The van der Waals surface area contributed by atoms with Crippen molar-refractivity contribution in [2.45, 2.75) is 39.0 Å². The van der Waals surface area contributed by atoms with Crippen molar-refractivity contribution < 1.29 is 14.3 Å². The zero-order valence-corrected chi connectivity index (χ0v) is 12.8. The van der Waals surface area contributed by atoms with E-state index in [0.29, 0.717) is 13.2 Å². The number of carbonyl (C=O) groups is 1. The lowest BCUT2D eigenvalue weighted by molar-refractivity contribution is -0.125. The number of carbonyl (C=O) groups excluding carboxylic acids is 1. The lowest BCUT2D eigenvalue weighted by atomic mass is 10.0. The van der Waals surface area contributed by atoms with E-state index in [2.05, 4.69) is 5.32 Å². The first-order chi connectivity index (χ1) is 9.97. The molecule has 1 aromatic rings. The summed E-state index contributed by atoms with van der Waals surface area (Å²) in [5, 5.41) is 2.99. The van der Waals surface area contributed by atoms with Gasteiger partial charge in [-0.3, -0.25) is 4.79 Å². The van der Waals surface area contributed by atoms with Gasteiger partial charge in [-0.1, -0.05) is 12.1 Å². The second-order valence-electron chi connectivity index (χ2n) is 5.77. The van der Waals surface area contributed by atoms with Gasteiger partial charge in [-0.2, -0.15) is 0 Å². The van der Waals surface area contributed by atoms with Gasteiger partial charge in [-0.05, 0) is 38.5 Å². The highest BCUT2D eigenvalue weighted by atomic mass is 16.5. The molecule has 3 unspecified atom stereocenters. The van der Waals surface area contributed by atoms with E-state index < -0.39 is 0 Å². The lowest BCUT2D eigenvalue weighted by Crippen LogP contribution is -2.41. The molecule has 1 heterocycles. The zero-order chi connectivity index (χ0) is 15.4. The number of benzene rings is 1. The Bertz CT molecular complexity index is 473. The van der Waals surface area contributed by atoms with Gasteiger partial charge in [0, 0.05) is 6.04 Å². The third kappa shape index (κ3) is 4.19. The molecule has 1 fully saturated rings. The summed E-state index contributed by atoms with van der Waals surface area (Å²) in [6.45, 7) is 6.79. The number of rotatable bonds is 5. The predicted molar refractivity (Wildman–Crippen MR) is 81.0 cm³/mol. The summed E-state index contributed by atoms with van der Waals surface area (Å²) in [7, 11) is 0. The molecular formula is C16H24N2O3. The summed E-state index contributed by atoms with van der Waals surface area (Å²) in [6, 6.07) is 7.49. The molecule has 0 aromatic heterocycles. The Kier molecular flexibility index (Phi) is 5.20. The van der Waals surface area contributed by atoms with Crippen LogP contribution < -0.4 is 15.8 Å². The third-order valence-corrected chi connectivity index (χ3v) is 3.57. The van der Waals surface area contributed by atoms with Crippen LogP contribution in [0, 0.1) is 5.92 Å². The topological polar surface area (TPSA) is 73.6 Å². The van der Waals surface area contributed by atoms with Gasteiger partial charge in [-0.15, -0.1) is 0 Å². The third-order valence-electron chi connectivity index (χ3n) is 3.57. The second-order valence-corrected chi connectivity index (χ2v) is 5.77. The maximum atomic E-state index is 12.2. The molecule has 0 aliphatic carbocycles. The Balaban J connectivity index is 1.93. The van der Waals surface area contributed by atoms with Gasteiger partial charge in [0.05, 0.1) is 31.3 Å². The molecule has 1 aliphatic rings. The minimum absolute atomic E-state index is 0.0463. The SMILES string of the molecule is CC(C)Oc1ccc(C(C)NC(=O)C2COCC2N)cc1. The first kappa shape index (κ1) is 15.8. The average Bonchev–Trinajstić information content (AvgIpc) is 2.85. The number of ether oxygens (including phenoxy) is 2. The van der Waals surface area contributed by atoms with E-state index in [1.54, 1.807) is 0 Å². The number of amides is 1. The maximum Gasteiger partial charge on any atom is 0.227 e. The number of nitrogens with two attached hydrogens (primary N) is 1. The first-order valence-corrected chi connectivity index (χ1v) is 7.37. The number of hydrogen-bond acceptors (Lipinski definition) is 4. The van der Waals surface area contributed by atoms with Crippen LogP contribution in [0.15, 0.2) is 24.3 Å². The molecule has 5 nitrogen and oxygen atoms in total. The summed E-state index contributed by atoms with van der Waals surface area (Å²) < 4.78 is 10.8. The molecule has 5 heteroatoms. The smallest absolute Gasteiger partial charge is 0.227 e. The van der Waals surface area contributed by atoms with Crippen LogP contribution in [-0.4, -0.2) is 31.3 Å². The number of nitrogens with one attached hydrogen (secondary N) is 1. The van der Waals surface area contributed by atoms with Crippen molar-refractivity contribution in [3.8, 4) is 5.75 Å². The fraction of sp³-hybridized carbons (Fsp3) is 0.562. The van der Waals surface area contributed by atoms with Crippen molar-refractivity contribution in [1.29, 1.82) is 0 Å². The largest absolute Gasteiger partial charge is 0.491 e. The van der Waals surface area contributed by atoms with Crippen LogP contribution in [-0.2, 0) is 9.53 Å². The molecular weight excluding hydrogens is 268 g/mol. The van der Waals surface area contributed by atoms with Crippen molar-refractivity contribution in [2.24, 2.45) is 11.7 Å². The molecule has 1 aromatic carbocycles. The van der Waals surface area contributed by atoms with Crippen LogP contribution in [0.2, 0.25) is 0 Å². The lowest BCUT2D eigenvalue weighted by Gasteiger charge is -2.19. The molecule has 3 N–H and O–H groups in total. The highest BCUT2D eigenvalue weighted by Gasteiger charge is 2.31. The normalized spacial score (nSPS) is 23.1. The Morgan fingerprint density at radius 1 is 1.29 bits per heavy atom. The average molecular weight is 292 g/mol. The molecule has 1 amide bonds. The Labute approximate surface area is 125 Å². The van der Waals surface area contributed by atoms with Crippen LogP contribution in [0.25, 0.3) is 0 Å². The molecule has 0 bridgehead atoms.